The van der Waals surface area contributed by atoms with E-state index in [0.29, 0.717) is 11.1 Å². The third-order valence-corrected chi connectivity index (χ3v) is 4.35. The zero-order valence-corrected chi connectivity index (χ0v) is 15.8. The number of hydrogen-bond donors (Lipinski definition) is 0. The van der Waals surface area contributed by atoms with E-state index in [0.717, 1.165) is 5.56 Å². The van der Waals surface area contributed by atoms with Crippen molar-refractivity contribution in [3.8, 4) is 0 Å². The first kappa shape index (κ1) is 20.3. The number of ketones is 2. The number of esters is 1. The summed E-state index contributed by atoms with van der Waals surface area (Å²) < 4.78 is 5.05. The normalized spacial score (nSPS) is 13.5. The second-order valence-corrected chi connectivity index (χ2v) is 6.33. The van der Waals surface area contributed by atoms with Crippen molar-refractivity contribution in [2.24, 2.45) is 5.92 Å². The minimum absolute atomic E-state index is 0.245. The first-order chi connectivity index (χ1) is 13.0. The lowest BCUT2D eigenvalue weighted by Gasteiger charge is -2.23. The molecule has 0 aromatic heterocycles. The van der Waals surface area contributed by atoms with Gasteiger partial charge in [-0.3, -0.25) is 9.59 Å². The van der Waals surface area contributed by atoms with Crippen LogP contribution >= 0.6 is 0 Å². The van der Waals surface area contributed by atoms with Crippen LogP contribution < -0.4 is 0 Å². The largest absolute Gasteiger partial charge is 0.463 e. The molecule has 0 aliphatic heterocycles. The molecule has 0 spiro atoms. The number of benzene rings is 2. The van der Waals surface area contributed by atoms with Crippen LogP contribution in [0, 0.1) is 5.92 Å². The fraction of sp³-hybridized carbons (Fsp3) is 0.261. The molecule has 0 aliphatic carbocycles. The fourth-order valence-corrected chi connectivity index (χ4v) is 3.03. The van der Waals surface area contributed by atoms with E-state index in [2.05, 4.69) is 0 Å². The van der Waals surface area contributed by atoms with Gasteiger partial charge in [0, 0.05) is 17.1 Å². The smallest absolute Gasteiger partial charge is 0.333 e. The van der Waals surface area contributed by atoms with Gasteiger partial charge in [0.05, 0.1) is 12.5 Å². The molecular weight excluding hydrogens is 340 g/mol. The van der Waals surface area contributed by atoms with Crippen LogP contribution in [0.5, 0.6) is 0 Å². The van der Waals surface area contributed by atoms with Crippen LogP contribution in [0.2, 0.25) is 0 Å². The van der Waals surface area contributed by atoms with Crippen LogP contribution in [0.4, 0.5) is 0 Å². The first-order valence-electron chi connectivity index (χ1n) is 8.96. The molecule has 2 rings (SSSR count). The summed E-state index contributed by atoms with van der Waals surface area (Å²) in [7, 11) is 0. The van der Waals surface area contributed by atoms with Gasteiger partial charge < -0.3 is 4.74 Å². The van der Waals surface area contributed by atoms with E-state index < -0.39 is 17.8 Å². The predicted octanol–water partition coefficient (Wildman–Crippen LogP) is 4.37. The van der Waals surface area contributed by atoms with Gasteiger partial charge in [-0.2, -0.15) is 0 Å². The van der Waals surface area contributed by atoms with Crippen LogP contribution in [0.3, 0.4) is 0 Å². The van der Waals surface area contributed by atoms with Crippen molar-refractivity contribution in [1.29, 1.82) is 0 Å². The fourth-order valence-electron chi connectivity index (χ4n) is 3.03. The maximum Gasteiger partial charge on any atom is 0.333 e. The maximum atomic E-state index is 13.1. The molecule has 0 saturated heterocycles. The average molecular weight is 364 g/mol. The summed E-state index contributed by atoms with van der Waals surface area (Å²) in [5.41, 5.74) is 1.64. The Labute approximate surface area is 159 Å². The SMILES string of the molecule is CCOC(=O)/C(C)=C/C(c1ccccc1)C(C(C)=O)C(=O)c1ccccc1. The van der Waals surface area contributed by atoms with E-state index in [9.17, 15) is 14.4 Å². The Bertz CT molecular complexity index is 822. The summed E-state index contributed by atoms with van der Waals surface area (Å²) in [6.07, 6.45) is 1.67. The van der Waals surface area contributed by atoms with E-state index in [1.54, 1.807) is 44.2 Å². The van der Waals surface area contributed by atoms with Crippen molar-refractivity contribution in [3.05, 3.63) is 83.4 Å². The zero-order valence-electron chi connectivity index (χ0n) is 15.8. The van der Waals surface area contributed by atoms with Gasteiger partial charge in [0.15, 0.2) is 5.78 Å². The lowest BCUT2D eigenvalue weighted by molar-refractivity contribution is -0.138. The van der Waals surface area contributed by atoms with Crippen LogP contribution in [0.25, 0.3) is 0 Å². The van der Waals surface area contributed by atoms with Gasteiger partial charge >= 0.3 is 5.97 Å². The minimum Gasteiger partial charge on any atom is -0.463 e. The molecule has 0 fully saturated rings. The second-order valence-electron chi connectivity index (χ2n) is 6.33. The Kier molecular flexibility index (Phi) is 7.24. The van der Waals surface area contributed by atoms with Gasteiger partial charge in [-0.1, -0.05) is 66.7 Å². The van der Waals surface area contributed by atoms with Crippen LogP contribution in [0.15, 0.2) is 72.3 Å². The van der Waals surface area contributed by atoms with E-state index in [1.807, 2.05) is 36.4 Å². The molecule has 2 aromatic rings. The number of allylic oxidation sites excluding steroid dienone is 1. The Balaban J connectivity index is 2.52. The van der Waals surface area contributed by atoms with Crippen molar-refractivity contribution in [2.45, 2.75) is 26.7 Å². The number of carbonyl (C=O) groups is 3. The zero-order chi connectivity index (χ0) is 19.8. The summed E-state index contributed by atoms with van der Waals surface area (Å²) in [6, 6.07) is 18.0. The molecule has 4 heteroatoms. The molecule has 2 aromatic carbocycles. The summed E-state index contributed by atoms with van der Waals surface area (Å²) >= 11 is 0. The highest BCUT2D eigenvalue weighted by Gasteiger charge is 2.33. The first-order valence-corrected chi connectivity index (χ1v) is 8.96. The molecule has 0 saturated carbocycles. The molecule has 0 heterocycles. The van der Waals surface area contributed by atoms with Gasteiger partial charge in [-0.25, -0.2) is 4.79 Å². The second kappa shape index (κ2) is 9.62. The van der Waals surface area contributed by atoms with Gasteiger partial charge in [-0.05, 0) is 26.3 Å². The molecule has 0 radical (unpaired) electrons. The third-order valence-electron chi connectivity index (χ3n) is 4.35. The van der Waals surface area contributed by atoms with E-state index >= 15 is 0 Å². The summed E-state index contributed by atoms with van der Waals surface area (Å²) in [5, 5.41) is 0. The number of Topliss-reactive ketones (excluding diaryl/α,β-unsaturated/α-hetero) is 2. The Hall–Kier alpha value is -3.01. The minimum atomic E-state index is -0.917. The lowest BCUT2D eigenvalue weighted by atomic mass is 9.78. The van der Waals surface area contributed by atoms with Gasteiger partial charge in [-0.15, -0.1) is 0 Å². The molecule has 0 amide bonds. The van der Waals surface area contributed by atoms with Gasteiger partial charge in [0.25, 0.3) is 0 Å². The van der Waals surface area contributed by atoms with E-state index in [-0.39, 0.29) is 18.2 Å². The molecule has 0 aliphatic rings. The van der Waals surface area contributed by atoms with Crippen molar-refractivity contribution in [3.63, 3.8) is 0 Å². The molecule has 140 valence electrons. The summed E-state index contributed by atoms with van der Waals surface area (Å²) in [6.45, 7) is 5.05. The Morgan fingerprint density at radius 3 is 2.00 bits per heavy atom. The van der Waals surface area contributed by atoms with Crippen molar-refractivity contribution >= 4 is 17.5 Å². The van der Waals surface area contributed by atoms with Crippen LogP contribution in [0.1, 0.15) is 42.6 Å². The molecule has 2 unspecified atom stereocenters. The van der Waals surface area contributed by atoms with Crippen molar-refractivity contribution in [2.75, 3.05) is 6.61 Å². The number of rotatable bonds is 8. The number of carbonyl (C=O) groups excluding carboxylic acids is 3. The van der Waals surface area contributed by atoms with Crippen molar-refractivity contribution in [1.82, 2.24) is 0 Å². The highest BCUT2D eigenvalue weighted by atomic mass is 16.5. The topological polar surface area (TPSA) is 60.4 Å². The summed E-state index contributed by atoms with van der Waals surface area (Å²) in [5.74, 6) is -2.43. The van der Waals surface area contributed by atoms with Crippen LogP contribution in [-0.2, 0) is 14.3 Å². The highest BCUT2D eigenvalue weighted by Crippen LogP contribution is 2.31. The molecular formula is C23H24O4. The van der Waals surface area contributed by atoms with Crippen molar-refractivity contribution < 1.29 is 19.1 Å². The molecule has 27 heavy (non-hydrogen) atoms. The molecule has 0 bridgehead atoms. The number of hydrogen-bond acceptors (Lipinski definition) is 4. The predicted molar refractivity (Wildman–Crippen MR) is 105 cm³/mol. The van der Waals surface area contributed by atoms with Crippen LogP contribution in [-0.4, -0.2) is 24.1 Å². The quantitative estimate of drug-likeness (QED) is 0.302. The van der Waals surface area contributed by atoms with E-state index in [1.165, 1.54) is 6.92 Å². The maximum absolute atomic E-state index is 13.1. The Morgan fingerprint density at radius 1 is 0.926 bits per heavy atom. The monoisotopic (exact) mass is 364 g/mol. The number of ether oxygens (including phenoxy) is 1. The molecule has 0 N–H and O–H groups in total. The van der Waals surface area contributed by atoms with Gasteiger partial charge in [0.1, 0.15) is 5.78 Å². The Morgan fingerprint density at radius 2 is 1.48 bits per heavy atom. The molecule has 4 nitrogen and oxygen atoms in total. The summed E-state index contributed by atoms with van der Waals surface area (Å²) in [4.78, 5) is 37.7. The standard InChI is InChI=1S/C23H24O4/c1-4-27-23(26)16(2)15-20(18-11-7-5-8-12-18)21(17(3)24)22(25)19-13-9-6-10-14-19/h5-15,20-21H,4H2,1-3H3/b16-15+. The lowest BCUT2D eigenvalue weighted by Crippen LogP contribution is -2.28. The third kappa shape index (κ3) is 5.23. The van der Waals surface area contributed by atoms with Gasteiger partial charge in [0.2, 0.25) is 0 Å². The molecule has 2 atom stereocenters. The highest BCUT2D eigenvalue weighted by molar-refractivity contribution is 6.11. The average Bonchev–Trinajstić information content (AvgIpc) is 2.68. The van der Waals surface area contributed by atoms with E-state index in [4.69, 9.17) is 4.74 Å².